The number of nitrogens with one attached hydrogen (secondary N) is 4. The van der Waals surface area contributed by atoms with Crippen molar-refractivity contribution < 1.29 is 28.7 Å². The van der Waals surface area contributed by atoms with Crippen LogP contribution in [0.25, 0.3) is 0 Å². The summed E-state index contributed by atoms with van der Waals surface area (Å²) in [6.07, 6.45) is 6.05. The van der Waals surface area contributed by atoms with Gasteiger partial charge in [0.2, 0.25) is 17.6 Å². The molecular weight excluding hydrogens is 667 g/mol. The number of ether oxygens (including phenoxy) is 1. The fourth-order valence-electron chi connectivity index (χ4n) is 6.92. The van der Waals surface area contributed by atoms with Gasteiger partial charge in [0.1, 0.15) is 12.1 Å². The summed E-state index contributed by atoms with van der Waals surface area (Å²) in [6.45, 7) is 3.78. The molecule has 3 aliphatic rings. The summed E-state index contributed by atoms with van der Waals surface area (Å²) in [6, 6.07) is 11.9. The Labute approximate surface area is 297 Å². The minimum Gasteiger partial charge on any atom is -0.441 e. The van der Waals surface area contributed by atoms with E-state index in [4.69, 9.17) is 27.9 Å². The van der Waals surface area contributed by atoms with Gasteiger partial charge in [-0.05, 0) is 87.3 Å². The Morgan fingerprint density at radius 3 is 2.22 bits per heavy atom. The molecule has 2 aromatic carbocycles. The summed E-state index contributed by atoms with van der Waals surface area (Å²) in [5, 5.41) is 12.2. The monoisotopic (exact) mass is 712 g/mol. The van der Waals surface area contributed by atoms with Crippen LogP contribution in [-0.2, 0) is 30.3 Å². The summed E-state index contributed by atoms with van der Waals surface area (Å²) in [5.41, 5.74) is 1.03. The molecule has 3 unspecified atom stereocenters. The van der Waals surface area contributed by atoms with Gasteiger partial charge in [0.05, 0.1) is 6.04 Å². The average molecular weight is 714 g/mol. The van der Waals surface area contributed by atoms with Gasteiger partial charge in [-0.2, -0.15) is 0 Å². The second-order valence-electron chi connectivity index (χ2n) is 14.4. The highest BCUT2D eigenvalue weighted by Gasteiger charge is 2.42. The Morgan fingerprint density at radius 1 is 0.898 bits per heavy atom. The topological polar surface area (TPSA) is 143 Å². The van der Waals surface area contributed by atoms with Gasteiger partial charge in [-0.1, -0.05) is 79.6 Å². The Kier molecular flexibility index (Phi) is 12.3. The molecule has 4 atom stereocenters. The lowest BCUT2D eigenvalue weighted by atomic mass is 9.84. The number of hydrogen-bond acceptors (Lipinski definition) is 6. The molecule has 4 N–H and O–H groups in total. The third-order valence-corrected chi connectivity index (χ3v) is 10.0. The number of carbonyl (C=O) groups is 5. The van der Waals surface area contributed by atoms with E-state index in [9.17, 15) is 24.0 Å². The molecule has 3 fully saturated rings. The van der Waals surface area contributed by atoms with Gasteiger partial charge in [-0.15, -0.1) is 0 Å². The van der Waals surface area contributed by atoms with Crippen LogP contribution in [0.4, 0.5) is 4.79 Å². The summed E-state index contributed by atoms with van der Waals surface area (Å²) in [5.74, 6) is -2.82. The van der Waals surface area contributed by atoms with Crippen LogP contribution >= 0.6 is 23.2 Å². The van der Waals surface area contributed by atoms with Gasteiger partial charge in [-0.25, -0.2) is 4.79 Å². The number of carbonyl (C=O) groups excluding carboxylic acids is 5. The van der Waals surface area contributed by atoms with Gasteiger partial charge in [-0.3, -0.25) is 19.2 Å². The molecule has 5 rings (SSSR count). The van der Waals surface area contributed by atoms with E-state index < -0.39 is 53.3 Å². The van der Waals surface area contributed by atoms with Crippen molar-refractivity contribution in [1.29, 1.82) is 0 Å². The zero-order valence-electron chi connectivity index (χ0n) is 28.1. The first kappa shape index (κ1) is 36.6. The lowest BCUT2D eigenvalue weighted by Gasteiger charge is -2.29. The molecule has 0 spiro atoms. The number of rotatable bonds is 14. The summed E-state index contributed by atoms with van der Waals surface area (Å²) >= 11 is 12.5. The van der Waals surface area contributed by atoms with Crippen LogP contribution in [0.5, 0.6) is 0 Å². The molecule has 2 aliphatic carbocycles. The van der Waals surface area contributed by atoms with Crippen molar-refractivity contribution in [3.05, 3.63) is 69.7 Å². The summed E-state index contributed by atoms with van der Waals surface area (Å²) in [4.78, 5) is 66.8. The highest BCUT2D eigenvalue weighted by Crippen LogP contribution is 2.31. The number of Topliss-reactive ketones (excluding diaryl/α,β-unsaturated/α-hetero) is 1. The molecule has 10 nitrogen and oxygen atoms in total. The minimum absolute atomic E-state index is 0.0327. The second-order valence-corrected chi connectivity index (χ2v) is 15.3. The molecule has 4 amide bonds. The molecule has 1 saturated heterocycles. The molecule has 49 heavy (non-hydrogen) atoms. The molecule has 0 aromatic heterocycles. The molecule has 2 saturated carbocycles. The number of alkyl carbamates (subject to hydrolysis) is 1. The standard InChI is InChI=1S/C37H46Cl2N4O6/c1-37(2)21-25(33(45)43-37)20-29(32(44)35(47)40-28-14-15-28)41-34(46)30(17-22-8-4-3-5-9-22)42-36(48)49-31(24-11-7-13-27(39)19-24)18-23-10-6-12-26(38)16-23/h6-7,10-13,16,19,22,25,28-31H,3-5,8-9,14-15,17-18,20-21H2,1-2H3,(H,40,47)(H,41,46)(H,42,48)(H,43,45)/t25?,29?,30-,31?/m0/s1. The Balaban J connectivity index is 1.34. The fourth-order valence-corrected chi connectivity index (χ4v) is 7.33. The van der Waals surface area contributed by atoms with E-state index in [-0.39, 0.29) is 24.3 Å². The second kappa shape index (κ2) is 16.4. The number of amides is 4. The smallest absolute Gasteiger partial charge is 0.408 e. The van der Waals surface area contributed by atoms with E-state index in [0.717, 1.165) is 50.5 Å². The number of ketones is 1. The molecule has 264 valence electrons. The Bertz CT molecular complexity index is 1540. The lowest BCUT2D eigenvalue weighted by Crippen LogP contribution is -2.55. The predicted molar refractivity (Wildman–Crippen MR) is 187 cm³/mol. The predicted octanol–water partition coefficient (Wildman–Crippen LogP) is 5.98. The van der Waals surface area contributed by atoms with Crippen LogP contribution in [0.3, 0.4) is 0 Å². The summed E-state index contributed by atoms with van der Waals surface area (Å²) < 4.78 is 5.98. The van der Waals surface area contributed by atoms with Crippen LogP contribution in [-0.4, -0.2) is 53.3 Å². The molecule has 12 heteroatoms. The van der Waals surface area contributed by atoms with Crippen molar-refractivity contribution in [2.75, 3.05) is 0 Å². The molecule has 0 bridgehead atoms. The van der Waals surface area contributed by atoms with E-state index in [1.165, 1.54) is 0 Å². The molecule has 2 aromatic rings. The highest BCUT2D eigenvalue weighted by atomic mass is 35.5. The number of halogens is 2. The van der Waals surface area contributed by atoms with Crippen LogP contribution in [0, 0.1) is 11.8 Å². The minimum atomic E-state index is -1.25. The van der Waals surface area contributed by atoms with E-state index in [1.54, 1.807) is 30.3 Å². The SMILES string of the molecule is CC1(C)CC(CC(NC(=O)[C@H](CC2CCCCC2)NC(=O)OC(Cc2cccc(Cl)c2)c2cccc(Cl)c2)C(=O)C(=O)NC2CC2)C(=O)N1. The van der Waals surface area contributed by atoms with Crippen LogP contribution in [0.15, 0.2) is 48.5 Å². The van der Waals surface area contributed by atoms with Crippen molar-refractivity contribution in [3.8, 4) is 0 Å². The van der Waals surface area contributed by atoms with Crippen molar-refractivity contribution in [2.24, 2.45) is 11.8 Å². The maximum atomic E-state index is 14.0. The first-order valence-corrected chi connectivity index (χ1v) is 18.0. The Hall–Kier alpha value is -3.63. The first-order chi connectivity index (χ1) is 23.3. The van der Waals surface area contributed by atoms with E-state index in [1.807, 2.05) is 32.0 Å². The van der Waals surface area contributed by atoms with E-state index in [0.29, 0.717) is 34.9 Å². The van der Waals surface area contributed by atoms with Crippen molar-refractivity contribution >= 4 is 52.8 Å². The summed E-state index contributed by atoms with van der Waals surface area (Å²) in [7, 11) is 0. The number of hydrogen-bond donors (Lipinski definition) is 4. The quantitative estimate of drug-likeness (QED) is 0.178. The van der Waals surface area contributed by atoms with Gasteiger partial charge in [0.25, 0.3) is 5.91 Å². The number of benzene rings is 2. The maximum absolute atomic E-state index is 14.0. The largest absolute Gasteiger partial charge is 0.441 e. The van der Waals surface area contributed by atoms with Crippen molar-refractivity contribution in [1.82, 2.24) is 21.3 Å². The first-order valence-electron chi connectivity index (χ1n) is 17.3. The normalized spacial score (nSPS) is 20.7. The third kappa shape index (κ3) is 10.9. The average Bonchev–Trinajstić information content (AvgIpc) is 3.82. The van der Waals surface area contributed by atoms with Gasteiger partial charge in [0, 0.05) is 34.0 Å². The van der Waals surface area contributed by atoms with Crippen LogP contribution in [0.1, 0.15) is 95.3 Å². The van der Waals surface area contributed by atoms with Crippen LogP contribution < -0.4 is 21.3 Å². The molecule has 1 aliphatic heterocycles. The zero-order valence-corrected chi connectivity index (χ0v) is 29.6. The lowest BCUT2D eigenvalue weighted by molar-refractivity contribution is -0.141. The van der Waals surface area contributed by atoms with Gasteiger partial charge < -0.3 is 26.0 Å². The van der Waals surface area contributed by atoms with Crippen LogP contribution in [0.2, 0.25) is 10.0 Å². The van der Waals surface area contributed by atoms with E-state index in [2.05, 4.69) is 21.3 Å². The third-order valence-electron chi connectivity index (χ3n) is 9.56. The van der Waals surface area contributed by atoms with Gasteiger partial charge in [0.15, 0.2) is 0 Å². The van der Waals surface area contributed by atoms with Gasteiger partial charge >= 0.3 is 6.09 Å². The highest BCUT2D eigenvalue weighted by molar-refractivity contribution is 6.38. The molecule has 1 heterocycles. The molecule has 0 radical (unpaired) electrons. The maximum Gasteiger partial charge on any atom is 0.408 e. The zero-order chi connectivity index (χ0) is 35.1. The van der Waals surface area contributed by atoms with E-state index >= 15 is 0 Å². The Morgan fingerprint density at radius 2 is 1.59 bits per heavy atom. The van der Waals surface area contributed by atoms with Crippen molar-refractivity contribution in [2.45, 2.75) is 114 Å². The van der Waals surface area contributed by atoms with Crippen molar-refractivity contribution in [3.63, 3.8) is 0 Å². The fraction of sp³-hybridized carbons (Fsp3) is 0.541. The molecular formula is C37H46Cl2N4O6.